The number of nitrogens with one attached hydrogen (secondary N) is 1. The first-order valence-corrected chi connectivity index (χ1v) is 9.67. The zero-order valence-corrected chi connectivity index (χ0v) is 14.6. The van der Waals surface area contributed by atoms with Crippen molar-refractivity contribution in [2.45, 2.75) is 30.2 Å². The van der Waals surface area contributed by atoms with Crippen molar-refractivity contribution in [3.05, 3.63) is 29.8 Å². The van der Waals surface area contributed by atoms with Gasteiger partial charge < -0.3 is 4.74 Å². The summed E-state index contributed by atoms with van der Waals surface area (Å²) in [4.78, 5) is 10.8. The molecule has 3 rings (SSSR count). The number of methoxy groups -OCH3 is 1. The maximum Gasteiger partial charge on any atom is 0.316 e. The molecule has 1 aliphatic rings. The first kappa shape index (κ1) is 16.8. The van der Waals surface area contributed by atoms with E-state index in [0.717, 1.165) is 38.0 Å². The minimum Gasteiger partial charge on any atom is -0.467 e. The lowest BCUT2D eigenvalue weighted by Crippen LogP contribution is -2.34. The average molecular weight is 351 g/mol. The molecule has 3 heterocycles. The molecule has 1 fully saturated rings. The molecule has 0 aliphatic carbocycles. The van der Waals surface area contributed by atoms with Crippen LogP contribution in [-0.2, 0) is 16.4 Å². The normalized spacial score (nSPS) is 19.3. The lowest BCUT2D eigenvalue weighted by molar-refractivity contribution is 0.197. The van der Waals surface area contributed by atoms with Gasteiger partial charge in [0.15, 0.2) is 9.84 Å². The van der Waals surface area contributed by atoms with Gasteiger partial charge >= 0.3 is 6.01 Å². The fourth-order valence-electron chi connectivity index (χ4n) is 3.10. The van der Waals surface area contributed by atoms with Crippen molar-refractivity contribution in [3.8, 4) is 6.01 Å². The zero-order chi connectivity index (χ0) is 17.2. The molecular weight excluding hydrogens is 330 g/mol. The number of hydrogen-bond acceptors (Lipinski definition) is 7. The highest BCUT2D eigenvalue weighted by atomic mass is 32.2. The second-order valence-corrected chi connectivity index (χ2v) is 8.06. The molecule has 0 aromatic carbocycles. The second-order valence-electron chi connectivity index (χ2n) is 6.07. The molecule has 0 unspecified atom stereocenters. The first-order chi connectivity index (χ1) is 11.5. The molecule has 0 saturated carbocycles. The third-order valence-electron chi connectivity index (χ3n) is 4.22. The summed E-state index contributed by atoms with van der Waals surface area (Å²) in [5.74, 6) is 0.130. The number of aromatic amines is 1. The summed E-state index contributed by atoms with van der Waals surface area (Å²) in [5, 5.41) is 6.82. The second kappa shape index (κ2) is 6.86. The number of rotatable bonds is 5. The lowest BCUT2D eigenvalue weighted by atomic mass is 9.94. The molecular formula is C15H21N5O3S. The molecule has 2 aromatic rings. The van der Waals surface area contributed by atoms with Gasteiger partial charge in [0.25, 0.3) is 0 Å². The quantitative estimate of drug-likeness (QED) is 0.857. The molecule has 1 aliphatic heterocycles. The van der Waals surface area contributed by atoms with Gasteiger partial charge in [-0.15, -0.1) is 0 Å². The zero-order valence-electron chi connectivity index (χ0n) is 13.8. The standard InChI is InChI=1S/C15H21N5O3S/c1-23-15-16-6-11(7-17-15)9-20-5-3-4-12(10-20)14-13(8-18-19-14)24(2,21)22/h6-8,12H,3-5,9-10H2,1-2H3,(H,18,19)/t12-/m1/s1. The summed E-state index contributed by atoms with van der Waals surface area (Å²) in [5.41, 5.74) is 1.72. The van der Waals surface area contributed by atoms with Crippen LogP contribution in [0.15, 0.2) is 23.5 Å². The van der Waals surface area contributed by atoms with Gasteiger partial charge in [0.05, 0.1) is 19.0 Å². The van der Waals surface area contributed by atoms with Crippen molar-refractivity contribution in [3.63, 3.8) is 0 Å². The van der Waals surface area contributed by atoms with E-state index >= 15 is 0 Å². The van der Waals surface area contributed by atoms with Crippen LogP contribution in [0.5, 0.6) is 6.01 Å². The Balaban J connectivity index is 1.71. The Morgan fingerprint density at radius 2 is 2.08 bits per heavy atom. The number of sulfone groups is 1. The van der Waals surface area contributed by atoms with Gasteiger partial charge in [-0.25, -0.2) is 18.4 Å². The predicted molar refractivity (Wildman–Crippen MR) is 87.5 cm³/mol. The van der Waals surface area contributed by atoms with E-state index in [4.69, 9.17) is 4.74 Å². The summed E-state index contributed by atoms with van der Waals surface area (Å²) in [6, 6.07) is 0.352. The fraction of sp³-hybridized carbons (Fsp3) is 0.533. The minimum absolute atomic E-state index is 0.130. The Bertz CT molecular complexity index is 788. The van der Waals surface area contributed by atoms with Crippen LogP contribution in [-0.4, -0.2) is 59.9 Å². The molecule has 24 heavy (non-hydrogen) atoms. The van der Waals surface area contributed by atoms with Gasteiger partial charge in [0.1, 0.15) is 4.90 Å². The van der Waals surface area contributed by atoms with Crippen LogP contribution in [0.4, 0.5) is 0 Å². The van der Waals surface area contributed by atoms with E-state index in [1.165, 1.54) is 19.6 Å². The predicted octanol–water partition coefficient (Wildman–Crippen LogP) is 0.991. The van der Waals surface area contributed by atoms with E-state index in [1.807, 2.05) is 0 Å². The summed E-state index contributed by atoms with van der Waals surface area (Å²) in [7, 11) is -1.73. The van der Waals surface area contributed by atoms with Crippen molar-refractivity contribution in [2.24, 2.45) is 0 Å². The summed E-state index contributed by atoms with van der Waals surface area (Å²) in [6.45, 7) is 2.46. The smallest absolute Gasteiger partial charge is 0.316 e. The molecule has 1 saturated heterocycles. The Morgan fingerprint density at radius 3 is 2.75 bits per heavy atom. The van der Waals surface area contributed by atoms with Crippen LogP contribution < -0.4 is 4.74 Å². The van der Waals surface area contributed by atoms with Gasteiger partial charge in [-0.3, -0.25) is 10.00 Å². The highest BCUT2D eigenvalue weighted by Crippen LogP contribution is 2.30. The topological polar surface area (TPSA) is 101 Å². The molecule has 0 amide bonds. The highest BCUT2D eigenvalue weighted by Gasteiger charge is 2.27. The fourth-order valence-corrected chi connectivity index (χ4v) is 3.95. The lowest BCUT2D eigenvalue weighted by Gasteiger charge is -2.32. The molecule has 9 heteroatoms. The molecule has 1 N–H and O–H groups in total. The van der Waals surface area contributed by atoms with Gasteiger partial charge in [-0.2, -0.15) is 5.10 Å². The molecule has 0 spiro atoms. The highest BCUT2D eigenvalue weighted by molar-refractivity contribution is 7.90. The van der Waals surface area contributed by atoms with E-state index in [9.17, 15) is 8.42 Å². The van der Waals surface area contributed by atoms with Crippen molar-refractivity contribution < 1.29 is 13.2 Å². The summed E-state index contributed by atoms with van der Waals surface area (Å²) >= 11 is 0. The van der Waals surface area contributed by atoms with E-state index in [2.05, 4.69) is 25.1 Å². The van der Waals surface area contributed by atoms with Crippen LogP contribution in [0.2, 0.25) is 0 Å². The van der Waals surface area contributed by atoms with Crippen LogP contribution in [0.1, 0.15) is 30.0 Å². The molecule has 1 atom stereocenters. The number of nitrogens with zero attached hydrogens (tertiary/aromatic N) is 4. The maximum absolute atomic E-state index is 11.9. The van der Waals surface area contributed by atoms with Gasteiger partial charge in [0, 0.05) is 43.2 Å². The van der Waals surface area contributed by atoms with Crippen LogP contribution in [0, 0.1) is 0 Å². The number of piperidine rings is 1. The van der Waals surface area contributed by atoms with Crippen LogP contribution >= 0.6 is 0 Å². The minimum atomic E-state index is -3.27. The maximum atomic E-state index is 11.9. The van der Waals surface area contributed by atoms with Crippen molar-refractivity contribution >= 4 is 9.84 Å². The molecule has 8 nitrogen and oxygen atoms in total. The molecule has 2 aromatic heterocycles. The van der Waals surface area contributed by atoms with Crippen molar-refractivity contribution in [1.82, 2.24) is 25.1 Å². The number of hydrogen-bond donors (Lipinski definition) is 1. The van der Waals surface area contributed by atoms with E-state index < -0.39 is 9.84 Å². The van der Waals surface area contributed by atoms with Gasteiger partial charge in [0.2, 0.25) is 0 Å². The number of H-pyrrole nitrogens is 1. The van der Waals surface area contributed by atoms with Gasteiger partial charge in [-0.05, 0) is 19.4 Å². The Morgan fingerprint density at radius 1 is 1.33 bits per heavy atom. The monoisotopic (exact) mass is 351 g/mol. The summed E-state index contributed by atoms with van der Waals surface area (Å²) < 4.78 is 28.7. The molecule has 130 valence electrons. The Labute approximate surface area is 141 Å². The van der Waals surface area contributed by atoms with Crippen LogP contribution in [0.3, 0.4) is 0 Å². The largest absolute Gasteiger partial charge is 0.467 e. The van der Waals surface area contributed by atoms with Crippen LogP contribution in [0.25, 0.3) is 0 Å². The van der Waals surface area contributed by atoms with Crippen molar-refractivity contribution in [1.29, 1.82) is 0 Å². The third-order valence-corrected chi connectivity index (χ3v) is 5.34. The molecule has 0 bridgehead atoms. The first-order valence-electron chi connectivity index (χ1n) is 7.78. The SMILES string of the molecule is COc1ncc(CN2CCC[C@@H](c3[nH]ncc3S(C)(=O)=O)C2)cn1. The van der Waals surface area contributed by atoms with E-state index in [0.29, 0.717) is 16.6 Å². The average Bonchev–Trinajstić information content (AvgIpc) is 3.06. The number of aromatic nitrogens is 4. The Kier molecular flexibility index (Phi) is 4.81. The van der Waals surface area contributed by atoms with Gasteiger partial charge in [-0.1, -0.05) is 0 Å². The van der Waals surface area contributed by atoms with E-state index in [1.54, 1.807) is 12.4 Å². The Hall–Kier alpha value is -2.00. The summed E-state index contributed by atoms with van der Waals surface area (Å²) in [6.07, 6.45) is 8.09. The number of likely N-dealkylation sites (tertiary alicyclic amines) is 1. The number of ether oxygens (including phenoxy) is 1. The van der Waals surface area contributed by atoms with Crippen molar-refractivity contribution in [2.75, 3.05) is 26.5 Å². The molecule has 0 radical (unpaired) electrons. The third kappa shape index (κ3) is 3.73. The van der Waals surface area contributed by atoms with E-state index in [-0.39, 0.29) is 5.92 Å².